The summed E-state index contributed by atoms with van der Waals surface area (Å²) in [6.45, 7) is 7.26. The van der Waals surface area contributed by atoms with E-state index in [9.17, 15) is 0 Å². The van der Waals surface area contributed by atoms with E-state index >= 15 is 0 Å². The maximum atomic E-state index is 5.60. The van der Waals surface area contributed by atoms with Crippen LogP contribution in [-0.4, -0.2) is 54.1 Å². The van der Waals surface area contributed by atoms with Crippen LogP contribution in [0.2, 0.25) is 0 Å². The molecule has 1 aromatic heterocycles. The average molecular weight is 276 g/mol. The van der Waals surface area contributed by atoms with Gasteiger partial charge in [0.2, 0.25) is 0 Å². The van der Waals surface area contributed by atoms with Gasteiger partial charge in [-0.3, -0.25) is 9.80 Å². The fourth-order valence-corrected chi connectivity index (χ4v) is 3.54. The van der Waals surface area contributed by atoms with Gasteiger partial charge >= 0.3 is 0 Å². The first-order chi connectivity index (χ1) is 9.35. The number of para-hydroxylation sites is 1. The Hall–Kier alpha value is -1.01. The van der Waals surface area contributed by atoms with Crippen molar-refractivity contribution in [2.75, 3.05) is 39.3 Å². The molecule has 0 unspecified atom stereocenters. The molecule has 0 radical (unpaired) electrons. The van der Waals surface area contributed by atoms with Gasteiger partial charge < -0.3 is 5.73 Å². The minimum atomic E-state index is 0.762. The first-order valence-electron chi connectivity index (χ1n) is 6.84. The summed E-state index contributed by atoms with van der Waals surface area (Å²) in [4.78, 5) is 9.64. The highest BCUT2D eigenvalue weighted by atomic mass is 32.1. The monoisotopic (exact) mass is 276 g/mol. The van der Waals surface area contributed by atoms with E-state index in [-0.39, 0.29) is 0 Å². The van der Waals surface area contributed by atoms with Crippen LogP contribution in [0.4, 0.5) is 0 Å². The summed E-state index contributed by atoms with van der Waals surface area (Å²) in [5.41, 5.74) is 6.73. The molecule has 102 valence electrons. The number of nitrogens with zero attached hydrogens (tertiary/aromatic N) is 3. The van der Waals surface area contributed by atoms with Crippen LogP contribution in [0.1, 0.15) is 5.01 Å². The van der Waals surface area contributed by atoms with Gasteiger partial charge in [-0.05, 0) is 12.1 Å². The number of hydrogen-bond donors (Lipinski definition) is 1. The molecule has 2 aromatic rings. The molecule has 2 N–H and O–H groups in total. The van der Waals surface area contributed by atoms with Crippen LogP contribution in [0.3, 0.4) is 0 Å². The Morgan fingerprint density at radius 2 is 1.84 bits per heavy atom. The number of fused-ring (bicyclic) bond motifs is 1. The van der Waals surface area contributed by atoms with Crippen LogP contribution in [0.25, 0.3) is 10.2 Å². The van der Waals surface area contributed by atoms with Crippen molar-refractivity contribution in [2.45, 2.75) is 6.54 Å². The lowest BCUT2D eigenvalue weighted by Gasteiger charge is -2.33. The molecule has 0 atom stereocenters. The topological polar surface area (TPSA) is 45.4 Å². The molecule has 5 heteroatoms. The third-order valence-electron chi connectivity index (χ3n) is 3.61. The lowest BCUT2D eigenvalue weighted by molar-refractivity contribution is 0.130. The highest BCUT2D eigenvalue weighted by Gasteiger charge is 2.17. The van der Waals surface area contributed by atoms with Crippen molar-refractivity contribution in [3.05, 3.63) is 29.3 Å². The Kier molecular flexibility index (Phi) is 4.08. The molecule has 2 heterocycles. The fourth-order valence-electron chi connectivity index (χ4n) is 2.53. The highest BCUT2D eigenvalue weighted by molar-refractivity contribution is 7.18. The fraction of sp³-hybridized carbons (Fsp3) is 0.500. The largest absolute Gasteiger partial charge is 0.329 e. The van der Waals surface area contributed by atoms with Gasteiger partial charge in [-0.1, -0.05) is 12.1 Å². The van der Waals surface area contributed by atoms with Gasteiger partial charge in [-0.25, -0.2) is 4.98 Å². The predicted octanol–water partition coefficient (Wildman–Crippen LogP) is 1.37. The normalized spacial score (nSPS) is 18.2. The lowest BCUT2D eigenvalue weighted by Crippen LogP contribution is -2.47. The van der Waals surface area contributed by atoms with E-state index in [1.165, 1.54) is 9.71 Å². The summed E-state index contributed by atoms with van der Waals surface area (Å²) in [5.74, 6) is 0. The molecule has 1 aliphatic rings. The maximum absolute atomic E-state index is 5.60. The van der Waals surface area contributed by atoms with Gasteiger partial charge in [0, 0.05) is 39.3 Å². The first-order valence-corrected chi connectivity index (χ1v) is 7.66. The number of nitrogens with two attached hydrogens (primary N) is 1. The van der Waals surface area contributed by atoms with Crippen molar-refractivity contribution in [1.29, 1.82) is 0 Å². The van der Waals surface area contributed by atoms with Crippen molar-refractivity contribution in [3.8, 4) is 0 Å². The van der Waals surface area contributed by atoms with Crippen LogP contribution < -0.4 is 5.73 Å². The summed E-state index contributed by atoms with van der Waals surface area (Å²) < 4.78 is 1.29. The highest BCUT2D eigenvalue weighted by Crippen LogP contribution is 2.22. The van der Waals surface area contributed by atoms with Crippen molar-refractivity contribution < 1.29 is 0 Å². The van der Waals surface area contributed by atoms with E-state index in [0.29, 0.717) is 0 Å². The molecule has 19 heavy (non-hydrogen) atoms. The summed E-state index contributed by atoms with van der Waals surface area (Å²) in [6.07, 6.45) is 0. The minimum Gasteiger partial charge on any atom is -0.329 e. The Bertz CT molecular complexity index is 498. The third-order valence-corrected chi connectivity index (χ3v) is 4.63. The standard InChI is InChI=1S/C14H20N4S/c15-5-6-17-7-9-18(10-8-17)11-14-16-12-3-1-2-4-13(12)19-14/h1-4H,5-11,15H2. The number of aromatic nitrogens is 1. The van der Waals surface area contributed by atoms with E-state index in [1.54, 1.807) is 0 Å². The number of thiazole rings is 1. The molecule has 1 saturated heterocycles. The summed E-state index contributed by atoms with van der Waals surface area (Å²) >= 11 is 1.82. The Morgan fingerprint density at radius 1 is 1.11 bits per heavy atom. The molecular weight excluding hydrogens is 256 g/mol. The molecule has 0 amide bonds. The van der Waals surface area contributed by atoms with E-state index in [1.807, 2.05) is 11.3 Å². The maximum Gasteiger partial charge on any atom is 0.108 e. The SMILES string of the molecule is NCCN1CCN(Cc2nc3ccccc3s2)CC1. The zero-order valence-electron chi connectivity index (χ0n) is 11.1. The molecule has 1 aliphatic heterocycles. The summed E-state index contributed by atoms with van der Waals surface area (Å²) in [5, 5.41) is 1.23. The second kappa shape index (κ2) is 5.96. The molecule has 1 aromatic carbocycles. The van der Waals surface area contributed by atoms with Gasteiger partial charge in [0.25, 0.3) is 0 Å². The molecular formula is C14H20N4S. The zero-order valence-corrected chi connectivity index (χ0v) is 11.9. The van der Waals surface area contributed by atoms with Crippen LogP contribution in [0.15, 0.2) is 24.3 Å². The Balaban J connectivity index is 1.60. The molecule has 3 rings (SSSR count). The van der Waals surface area contributed by atoms with Crippen LogP contribution in [0, 0.1) is 0 Å². The number of piperazine rings is 1. The molecule has 0 aliphatic carbocycles. The van der Waals surface area contributed by atoms with Crippen LogP contribution in [0.5, 0.6) is 0 Å². The van der Waals surface area contributed by atoms with Gasteiger partial charge in [-0.2, -0.15) is 0 Å². The van der Waals surface area contributed by atoms with Crippen LogP contribution in [-0.2, 0) is 6.54 Å². The first kappa shape index (κ1) is 13.0. The second-order valence-corrected chi connectivity index (χ2v) is 6.10. The number of hydrogen-bond acceptors (Lipinski definition) is 5. The molecule has 0 bridgehead atoms. The smallest absolute Gasteiger partial charge is 0.108 e. The van der Waals surface area contributed by atoms with Gasteiger partial charge in [0.1, 0.15) is 5.01 Å². The summed E-state index contributed by atoms with van der Waals surface area (Å²) in [7, 11) is 0. The Morgan fingerprint density at radius 3 is 2.58 bits per heavy atom. The van der Waals surface area contributed by atoms with Crippen molar-refractivity contribution in [1.82, 2.24) is 14.8 Å². The van der Waals surface area contributed by atoms with Gasteiger partial charge in [0.15, 0.2) is 0 Å². The van der Waals surface area contributed by atoms with E-state index in [2.05, 4.69) is 34.1 Å². The van der Waals surface area contributed by atoms with Crippen molar-refractivity contribution in [2.24, 2.45) is 5.73 Å². The lowest BCUT2D eigenvalue weighted by atomic mass is 10.3. The second-order valence-electron chi connectivity index (χ2n) is 4.98. The molecule has 0 spiro atoms. The zero-order chi connectivity index (χ0) is 13.1. The summed E-state index contributed by atoms with van der Waals surface area (Å²) in [6, 6.07) is 8.37. The van der Waals surface area contributed by atoms with E-state index in [0.717, 1.165) is 51.3 Å². The van der Waals surface area contributed by atoms with E-state index < -0.39 is 0 Å². The molecule has 4 nitrogen and oxygen atoms in total. The van der Waals surface area contributed by atoms with Crippen molar-refractivity contribution in [3.63, 3.8) is 0 Å². The van der Waals surface area contributed by atoms with Gasteiger partial charge in [0.05, 0.1) is 16.8 Å². The predicted molar refractivity (Wildman–Crippen MR) is 80.4 cm³/mol. The van der Waals surface area contributed by atoms with Gasteiger partial charge in [-0.15, -0.1) is 11.3 Å². The third kappa shape index (κ3) is 3.12. The molecule has 0 saturated carbocycles. The van der Waals surface area contributed by atoms with Crippen LogP contribution >= 0.6 is 11.3 Å². The quantitative estimate of drug-likeness (QED) is 0.916. The van der Waals surface area contributed by atoms with E-state index in [4.69, 9.17) is 10.7 Å². The average Bonchev–Trinajstić information content (AvgIpc) is 2.83. The number of benzene rings is 1. The number of rotatable bonds is 4. The van der Waals surface area contributed by atoms with Crippen molar-refractivity contribution >= 4 is 21.6 Å². The minimum absolute atomic E-state index is 0.762. The Labute approximate surface area is 117 Å². The molecule has 1 fully saturated rings.